The van der Waals surface area contributed by atoms with Crippen LogP contribution in [0.15, 0.2) is 82.8 Å². The minimum absolute atomic E-state index is 0.253. The van der Waals surface area contributed by atoms with E-state index in [1.165, 1.54) is 0 Å². The molecule has 0 radical (unpaired) electrons. The summed E-state index contributed by atoms with van der Waals surface area (Å²) in [6.45, 7) is 0. The molecule has 3 aromatic rings. The Hall–Kier alpha value is -2.27. The van der Waals surface area contributed by atoms with E-state index in [2.05, 4.69) is 10.5 Å². The number of carbonyl (C=O) groups excluding carboxylic acids is 1. The van der Waals surface area contributed by atoms with Crippen molar-refractivity contribution in [2.45, 2.75) is 10.6 Å². The summed E-state index contributed by atoms with van der Waals surface area (Å²) >= 11 is 13.4. The molecule has 0 bridgehead atoms. The van der Waals surface area contributed by atoms with E-state index in [1.54, 1.807) is 42.2 Å². The van der Waals surface area contributed by atoms with Gasteiger partial charge in [-0.3, -0.25) is 4.79 Å². The zero-order chi connectivity index (χ0) is 19.1. The molecular weight excluding hydrogens is 399 g/mol. The molecule has 0 spiro atoms. The second kappa shape index (κ2) is 9.60. The molecule has 0 saturated heterocycles. The van der Waals surface area contributed by atoms with Gasteiger partial charge in [-0.2, -0.15) is 5.10 Å². The van der Waals surface area contributed by atoms with Crippen molar-refractivity contribution in [3.05, 3.63) is 99.5 Å². The maximum atomic E-state index is 12.1. The Morgan fingerprint density at radius 2 is 1.48 bits per heavy atom. The first kappa shape index (κ1) is 19.5. The van der Waals surface area contributed by atoms with Crippen LogP contribution in [0, 0.1) is 0 Å². The van der Waals surface area contributed by atoms with Crippen molar-refractivity contribution in [1.82, 2.24) is 5.43 Å². The van der Waals surface area contributed by atoms with Crippen molar-refractivity contribution in [3.8, 4) is 0 Å². The van der Waals surface area contributed by atoms with Gasteiger partial charge in [0.05, 0.1) is 6.21 Å². The van der Waals surface area contributed by atoms with Gasteiger partial charge in [0.25, 0.3) is 5.91 Å². The van der Waals surface area contributed by atoms with E-state index in [0.717, 1.165) is 26.8 Å². The average Bonchev–Trinajstić information content (AvgIpc) is 2.69. The van der Waals surface area contributed by atoms with Gasteiger partial charge in [-0.05, 0) is 59.7 Å². The second-order valence-corrected chi connectivity index (χ2v) is 7.61. The van der Waals surface area contributed by atoms with Crippen LogP contribution in [-0.4, -0.2) is 12.1 Å². The molecule has 3 rings (SSSR count). The van der Waals surface area contributed by atoms with E-state index in [-0.39, 0.29) is 5.91 Å². The Kier molecular flexibility index (Phi) is 6.93. The molecular formula is C21H16Cl2N2OS. The monoisotopic (exact) mass is 414 g/mol. The van der Waals surface area contributed by atoms with Crippen LogP contribution in [0.5, 0.6) is 0 Å². The fourth-order valence-corrected chi connectivity index (χ4v) is 3.33. The Balaban J connectivity index is 1.52. The Labute approximate surface area is 172 Å². The van der Waals surface area contributed by atoms with Crippen LogP contribution in [0.3, 0.4) is 0 Å². The summed E-state index contributed by atoms with van der Waals surface area (Å²) in [7, 11) is 0. The third-order valence-electron chi connectivity index (χ3n) is 3.68. The van der Waals surface area contributed by atoms with Gasteiger partial charge in [-0.25, -0.2) is 5.43 Å². The maximum absolute atomic E-state index is 12.1. The van der Waals surface area contributed by atoms with Crippen molar-refractivity contribution in [1.29, 1.82) is 0 Å². The molecule has 27 heavy (non-hydrogen) atoms. The Morgan fingerprint density at radius 1 is 0.889 bits per heavy atom. The normalized spacial score (nSPS) is 10.9. The molecule has 1 N–H and O–H groups in total. The lowest BCUT2D eigenvalue weighted by atomic mass is 10.1. The molecule has 0 heterocycles. The molecule has 3 aromatic carbocycles. The molecule has 1 amide bonds. The van der Waals surface area contributed by atoms with Crippen LogP contribution in [0.2, 0.25) is 10.0 Å². The highest BCUT2D eigenvalue weighted by Gasteiger charge is 2.04. The number of nitrogens with zero attached hydrogens (tertiary/aromatic N) is 1. The van der Waals surface area contributed by atoms with Gasteiger partial charge in [-0.1, -0.05) is 47.5 Å². The first-order valence-electron chi connectivity index (χ1n) is 8.16. The largest absolute Gasteiger partial charge is 0.271 e. The first-order valence-corrected chi connectivity index (χ1v) is 9.90. The standard InChI is InChI=1S/C21H16Cl2N2OS/c22-18-7-3-15(4-8-18)13-24-25-21(26)17-5-1-16(2-6-17)14-27-20-11-9-19(23)10-12-20/h1-13H,14H2,(H,25,26)/b24-13-. The number of hydrogen-bond donors (Lipinski definition) is 1. The maximum Gasteiger partial charge on any atom is 0.271 e. The number of hydrogen-bond acceptors (Lipinski definition) is 3. The van der Waals surface area contributed by atoms with E-state index >= 15 is 0 Å². The van der Waals surface area contributed by atoms with Crippen LogP contribution < -0.4 is 5.43 Å². The third kappa shape index (κ3) is 6.14. The van der Waals surface area contributed by atoms with Crippen LogP contribution in [0.4, 0.5) is 0 Å². The summed E-state index contributed by atoms with van der Waals surface area (Å²) in [5.74, 6) is 0.565. The third-order valence-corrected chi connectivity index (χ3v) is 5.27. The van der Waals surface area contributed by atoms with Gasteiger partial charge in [0, 0.05) is 26.3 Å². The predicted molar refractivity (Wildman–Crippen MR) is 114 cm³/mol. The van der Waals surface area contributed by atoms with Crippen LogP contribution >= 0.6 is 35.0 Å². The molecule has 0 aliphatic rings. The van der Waals surface area contributed by atoms with Gasteiger partial charge in [-0.15, -0.1) is 11.8 Å². The molecule has 0 unspecified atom stereocenters. The van der Waals surface area contributed by atoms with Crippen LogP contribution in [0.1, 0.15) is 21.5 Å². The fraction of sp³-hybridized carbons (Fsp3) is 0.0476. The van der Waals surface area contributed by atoms with E-state index in [9.17, 15) is 4.79 Å². The van der Waals surface area contributed by atoms with Crippen molar-refractivity contribution in [2.24, 2.45) is 5.10 Å². The topological polar surface area (TPSA) is 41.5 Å². The predicted octanol–water partition coefficient (Wildman–Crippen LogP) is 6.05. The summed E-state index contributed by atoms with van der Waals surface area (Å²) < 4.78 is 0. The fourth-order valence-electron chi connectivity index (χ4n) is 2.23. The minimum atomic E-state index is -0.253. The molecule has 6 heteroatoms. The van der Waals surface area contributed by atoms with E-state index in [4.69, 9.17) is 23.2 Å². The van der Waals surface area contributed by atoms with E-state index in [0.29, 0.717) is 10.6 Å². The van der Waals surface area contributed by atoms with Gasteiger partial charge in [0.2, 0.25) is 0 Å². The number of thioether (sulfide) groups is 1. The molecule has 0 saturated carbocycles. The second-order valence-electron chi connectivity index (χ2n) is 5.69. The van der Waals surface area contributed by atoms with E-state index in [1.807, 2.05) is 48.5 Å². The number of benzene rings is 3. The SMILES string of the molecule is O=C(N/N=C\c1ccc(Cl)cc1)c1ccc(CSc2ccc(Cl)cc2)cc1. The summed E-state index contributed by atoms with van der Waals surface area (Å²) in [6, 6.07) is 22.4. The average molecular weight is 415 g/mol. The van der Waals surface area contributed by atoms with Crippen LogP contribution in [0.25, 0.3) is 0 Å². The molecule has 0 aliphatic heterocycles. The molecule has 3 nitrogen and oxygen atoms in total. The van der Waals surface area contributed by atoms with Crippen molar-refractivity contribution >= 4 is 47.1 Å². The summed E-state index contributed by atoms with van der Waals surface area (Å²) in [4.78, 5) is 13.3. The Bertz CT molecular complexity index is 924. The highest BCUT2D eigenvalue weighted by Crippen LogP contribution is 2.24. The number of amides is 1. The first-order chi connectivity index (χ1) is 13.1. The highest BCUT2D eigenvalue weighted by atomic mass is 35.5. The lowest BCUT2D eigenvalue weighted by Gasteiger charge is -2.04. The van der Waals surface area contributed by atoms with Gasteiger partial charge < -0.3 is 0 Å². The van der Waals surface area contributed by atoms with Gasteiger partial charge in [0.15, 0.2) is 0 Å². The number of rotatable bonds is 6. The van der Waals surface area contributed by atoms with Crippen molar-refractivity contribution in [3.63, 3.8) is 0 Å². The zero-order valence-corrected chi connectivity index (χ0v) is 16.6. The summed E-state index contributed by atoms with van der Waals surface area (Å²) in [5, 5.41) is 5.36. The molecule has 0 aromatic heterocycles. The smallest absolute Gasteiger partial charge is 0.267 e. The highest BCUT2D eigenvalue weighted by molar-refractivity contribution is 7.98. The summed E-state index contributed by atoms with van der Waals surface area (Å²) in [6.07, 6.45) is 1.57. The van der Waals surface area contributed by atoms with E-state index < -0.39 is 0 Å². The lowest BCUT2D eigenvalue weighted by molar-refractivity contribution is 0.0955. The number of hydrazone groups is 1. The quantitative estimate of drug-likeness (QED) is 0.303. The zero-order valence-electron chi connectivity index (χ0n) is 14.2. The van der Waals surface area contributed by atoms with Crippen LogP contribution in [-0.2, 0) is 5.75 Å². The number of nitrogens with one attached hydrogen (secondary N) is 1. The number of carbonyl (C=O) groups is 1. The van der Waals surface area contributed by atoms with Gasteiger partial charge >= 0.3 is 0 Å². The molecule has 136 valence electrons. The summed E-state index contributed by atoms with van der Waals surface area (Å²) in [5.41, 5.74) is 5.07. The molecule has 0 aliphatic carbocycles. The lowest BCUT2D eigenvalue weighted by Crippen LogP contribution is -2.17. The van der Waals surface area contributed by atoms with Crippen molar-refractivity contribution < 1.29 is 4.79 Å². The van der Waals surface area contributed by atoms with Gasteiger partial charge in [0.1, 0.15) is 0 Å². The van der Waals surface area contributed by atoms with Crippen molar-refractivity contribution in [2.75, 3.05) is 0 Å². The molecule has 0 fully saturated rings. The Morgan fingerprint density at radius 3 is 2.11 bits per heavy atom. The minimum Gasteiger partial charge on any atom is -0.267 e. The number of halogens is 2. The molecule has 0 atom stereocenters.